The fraction of sp³-hybridized carbons (Fsp3) is 0.400. The van der Waals surface area contributed by atoms with Crippen LogP contribution in [0.4, 0.5) is 13.2 Å². The summed E-state index contributed by atoms with van der Waals surface area (Å²) in [6, 6.07) is 5.89. The third-order valence-corrected chi connectivity index (χ3v) is 1.99. The van der Waals surface area contributed by atoms with Crippen molar-refractivity contribution in [1.29, 1.82) is 0 Å². The molecule has 0 aliphatic carbocycles. The van der Waals surface area contributed by atoms with E-state index in [1.807, 2.05) is 6.92 Å². The van der Waals surface area contributed by atoms with E-state index in [4.69, 9.17) is 5.11 Å². The average Bonchev–Trinajstić information content (AvgIpc) is 2.15. The Balaban J connectivity index is 2.95. The first-order valence-electron chi connectivity index (χ1n) is 4.28. The van der Waals surface area contributed by atoms with Gasteiger partial charge in [-0.15, -0.1) is 0 Å². The van der Waals surface area contributed by atoms with Gasteiger partial charge in [-0.3, -0.25) is 0 Å². The van der Waals surface area contributed by atoms with Gasteiger partial charge in [0.1, 0.15) is 0 Å². The second-order valence-electron chi connectivity index (χ2n) is 3.04. The van der Waals surface area contributed by atoms with Crippen molar-refractivity contribution < 1.29 is 18.3 Å². The van der Waals surface area contributed by atoms with Gasteiger partial charge in [-0.2, -0.15) is 13.2 Å². The number of halogens is 3. The van der Waals surface area contributed by atoms with Crippen LogP contribution < -0.4 is 0 Å². The molecule has 1 aromatic rings. The minimum atomic E-state index is -4.59. The molecule has 0 heterocycles. The van der Waals surface area contributed by atoms with Crippen molar-refractivity contribution in [2.75, 3.05) is 0 Å². The highest BCUT2D eigenvalue weighted by Crippen LogP contribution is 2.32. The molecule has 1 atom stereocenters. The highest BCUT2D eigenvalue weighted by atomic mass is 19.4. The average molecular weight is 204 g/mol. The summed E-state index contributed by atoms with van der Waals surface area (Å²) in [5.74, 6) is 0. The van der Waals surface area contributed by atoms with Gasteiger partial charge in [0.05, 0.1) is 0 Å². The van der Waals surface area contributed by atoms with E-state index in [2.05, 4.69) is 0 Å². The molecule has 0 bridgehead atoms. The van der Waals surface area contributed by atoms with Crippen molar-refractivity contribution in [2.24, 2.45) is 0 Å². The zero-order chi connectivity index (χ0) is 10.8. The number of hydrogen-bond donors (Lipinski definition) is 1. The molecule has 0 unspecified atom stereocenters. The summed E-state index contributed by atoms with van der Waals surface area (Å²) < 4.78 is 36.4. The fourth-order valence-corrected chi connectivity index (χ4v) is 1.17. The van der Waals surface area contributed by atoms with Crippen LogP contribution in [0.2, 0.25) is 0 Å². The van der Waals surface area contributed by atoms with E-state index in [1.54, 1.807) is 6.07 Å². The van der Waals surface area contributed by atoms with E-state index in [1.165, 1.54) is 18.2 Å². The monoisotopic (exact) mass is 204 g/mol. The molecule has 0 saturated carbocycles. The maximum atomic E-state index is 12.1. The van der Waals surface area contributed by atoms with E-state index >= 15 is 0 Å². The van der Waals surface area contributed by atoms with Crippen LogP contribution in [0.15, 0.2) is 24.3 Å². The zero-order valence-corrected chi connectivity index (χ0v) is 7.67. The molecule has 0 saturated heterocycles. The molecule has 0 aromatic heterocycles. The second kappa shape index (κ2) is 4.00. The lowest BCUT2D eigenvalue weighted by Crippen LogP contribution is -2.20. The fourth-order valence-electron chi connectivity index (χ4n) is 1.17. The van der Waals surface area contributed by atoms with E-state index in [0.29, 0.717) is 6.42 Å². The molecule has 4 heteroatoms. The molecule has 1 aromatic carbocycles. The van der Waals surface area contributed by atoms with Crippen molar-refractivity contribution in [2.45, 2.75) is 25.6 Å². The molecule has 0 fully saturated rings. The molecule has 0 spiro atoms. The number of alkyl halides is 3. The Labute approximate surface area is 80.2 Å². The molecular weight excluding hydrogens is 193 g/mol. The van der Waals surface area contributed by atoms with Crippen LogP contribution in [0.1, 0.15) is 24.2 Å². The molecule has 0 radical (unpaired) electrons. The van der Waals surface area contributed by atoms with Crippen molar-refractivity contribution in [3.05, 3.63) is 35.4 Å². The Morgan fingerprint density at radius 3 is 2.50 bits per heavy atom. The molecule has 0 aliphatic heterocycles. The first kappa shape index (κ1) is 11.0. The Kier molecular flexibility index (Phi) is 3.16. The molecule has 0 aliphatic rings. The van der Waals surface area contributed by atoms with Gasteiger partial charge in [-0.05, 0) is 17.5 Å². The first-order valence-corrected chi connectivity index (χ1v) is 4.28. The minimum Gasteiger partial charge on any atom is -0.379 e. The van der Waals surface area contributed by atoms with Crippen LogP contribution in [0, 0.1) is 0 Å². The van der Waals surface area contributed by atoms with Gasteiger partial charge >= 0.3 is 6.18 Å². The van der Waals surface area contributed by atoms with Gasteiger partial charge in [-0.1, -0.05) is 31.2 Å². The third-order valence-electron chi connectivity index (χ3n) is 1.99. The summed E-state index contributed by atoms with van der Waals surface area (Å²) in [5, 5.41) is 8.95. The molecule has 78 valence electrons. The number of aryl methyl sites for hydroxylation is 1. The zero-order valence-electron chi connectivity index (χ0n) is 7.67. The molecule has 1 rings (SSSR count). The maximum Gasteiger partial charge on any atom is 0.418 e. The highest BCUT2D eigenvalue weighted by Gasteiger charge is 2.39. The van der Waals surface area contributed by atoms with Gasteiger partial charge in [0, 0.05) is 0 Å². The van der Waals surface area contributed by atoms with Crippen LogP contribution in [0.3, 0.4) is 0 Å². The van der Waals surface area contributed by atoms with Gasteiger partial charge in [0.15, 0.2) is 6.10 Å². The Morgan fingerprint density at radius 1 is 1.36 bits per heavy atom. The van der Waals surface area contributed by atoms with Gasteiger partial charge < -0.3 is 5.11 Å². The van der Waals surface area contributed by atoms with Crippen LogP contribution in [0.25, 0.3) is 0 Å². The lowest BCUT2D eigenvalue weighted by molar-refractivity contribution is -0.206. The standard InChI is InChI=1S/C10H11F3O/c1-2-7-4-3-5-8(6-7)9(14)10(11,12)13/h3-6,9,14H,2H2,1H3/t9-/m0/s1. The topological polar surface area (TPSA) is 20.2 Å². The number of aliphatic hydroxyl groups excluding tert-OH is 1. The summed E-state index contributed by atoms with van der Waals surface area (Å²) >= 11 is 0. The van der Waals surface area contributed by atoms with E-state index in [-0.39, 0.29) is 5.56 Å². The smallest absolute Gasteiger partial charge is 0.379 e. The van der Waals surface area contributed by atoms with E-state index in [9.17, 15) is 13.2 Å². The van der Waals surface area contributed by atoms with Gasteiger partial charge in [-0.25, -0.2) is 0 Å². The lowest BCUT2D eigenvalue weighted by atomic mass is 10.0. The normalized spacial score (nSPS) is 14.1. The summed E-state index contributed by atoms with van der Waals surface area (Å²) in [6.45, 7) is 1.85. The Bertz CT molecular complexity index is 306. The predicted molar refractivity (Wildman–Crippen MR) is 46.8 cm³/mol. The summed E-state index contributed by atoms with van der Waals surface area (Å²) in [4.78, 5) is 0. The lowest BCUT2D eigenvalue weighted by Gasteiger charge is -2.15. The van der Waals surface area contributed by atoms with Crippen LogP contribution >= 0.6 is 0 Å². The van der Waals surface area contributed by atoms with Crippen molar-refractivity contribution in [3.63, 3.8) is 0 Å². The van der Waals surface area contributed by atoms with E-state index in [0.717, 1.165) is 5.56 Å². The Morgan fingerprint density at radius 2 is 2.00 bits per heavy atom. The van der Waals surface area contributed by atoms with Crippen LogP contribution in [-0.2, 0) is 6.42 Å². The van der Waals surface area contributed by atoms with Crippen molar-refractivity contribution in [3.8, 4) is 0 Å². The summed E-state index contributed by atoms with van der Waals surface area (Å²) in [6.07, 6.45) is -6.32. The maximum absolute atomic E-state index is 12.1. The predicted octanol–water partition coefficient (Wildman–Crippen LogP) is 2.84. The minimum absolute atomic E-state index is 0.100. The van der Waals surface area contributed by atoms with Crippen molar-refractivity contribution in [1.82, 2.24) is 0 Å². The van der Waals surface area contributed by atoms with Crippen LogP contribution in [-0.4, -0.2) is 11.3 Å². The van der Waals surface area contributed by atoms with E-state index < -0.39 is 12.3 Å². The molecule has 1 N–H and O–H groups in total. The molecule has 1 nitrogen and oxygen atoms in total. The molecule has 14 heavy (non-hydrogen) atoms. The second-order valence-corrected chi connectivity index (χ2v) is 3.04. The van der Waals surface area contributed by atoms with Crippen molar-refractivity contribution >= 4 is 0 Å². The Hall–Kier alpha value is -1.03. The number of benzene rings is 1. The highest BCUT2D eigenvalue weighted by molar-refractivity contribution is 5.25. The first-order chi connectivity index (χ1) is 6.45. The number of hydrogen-bond acceptors (Lipinski definition) is 1. The van der Waals surface area contributed by atoms with Gasteiger partial charge in [0.25, 0.3) is 0 Å². The third kappa shape index (κ3) is 2.48. The summed E-state index contributed by atoms with van der Waals surface area (Å²) in [5.41, 5.74) is 0.683. The SMILES string of the molecule is CCc1cccc([C@H](O)C(F)(F)F)c1. The summed E-state index contributed by atoms with van der Waals surface area (Å²) in [7, 11) is 0. The number of aliphatic hydroxyl groups is 1. The number of rotatable bonds is 2. The molecule has 0 amide bonds. The van der Waals surface area contributed by atoms with Gasteiger partial charge in [0.2, 0.25) is 0 Å². The largest absolute Gasteiger partial charge is 0.418 e. The van der Waals surface area contributed by atoms with Crippen LogP contribution in [0.5, 0.6) is 0 Å². The quantitative estimate of drug-likeness (QED) is 0.785. The molecular formula is C10H11F3O.